The Hall–Kier alpha value is -3.01. The number of amides is 2. The Kier molecular flexibility index (Phi) is 5.43. The Morgan fingerprint density at radius 1 is 1.31 bits per heavy atom. The summed E-state index contributed by atoms with van der Waals surface area (Å²) in [5.41, 5.74) is 1.41. The summed E-state index contributed by atoms with van der Waals surface area (Å²) < 4.78 is 1.59. The summed E-state index contributed by atoms with van der Waals surface area (Å²) in [4.78, 5) is 25.5. The number of aliphatic carboxylic acids is 1. The van der Waals surface area contributed by atoms with E-state index < -0.39 is 5.97 Å². The van der Waals surface area contributed by atoms with E-state index in [-0.39, 0.29) is 24.7 Å². The number of carbonyl (C=O) groups excluding carboxylic acids is 1. The van der Waals surface area contributed by atoms with Crippen LogP contribution in [0.5, 0.6) is 0 Å². The lowest BCUT2D eigenvalue weighted by Crippen LogP contribution is -2.55. The van der Waals surface area contributed by atoms with Crippen LogP contribution in [-0.4, -0.2) is 67.4 Å². The third kappa shape index (κ3) is 4.89. The first kappa shape index (κ1) is 19.3. The van der Waals surface area contributed by atoms with E-state index in [1.807, 2.05) is 17.0 Å². The molecule has 2 fully saturated rings. The summed E-state index contributed by atoms with van der Waals surface area (Å²) in [5.74, 6) is 0.502. The minimum absolute atomic E-state index is 0.0560. The fourth-order valence-corrected chi connectivity index (χ4v) is 3.69. The standard InChI is InChI=1S/C19H25N7O3/c1-12-22-23-24-26(12)16-4-2-3-14(7-16)20-19(29)21-15-8-17(9-15)25(11-18(27)28)10-13-5-6-13/h2-4,7,13,15,17H,5-6,8-11H2,1H3,(H,27,28)(H2,20,21,29). The van der Waals surface area contributed by atoms with Gasteiger partial charge in [0, 0.05) is 24.3 Å². The van der Waals surface area contributed by atoms with E-state index in [1.165, 1.54) is 12.8 Å². The van der Waals surface area contributed by atoms with Crippen molar-refractivity contribution in [3.63, 3.8) is 0 Å². The van der Waals surface area contributed by atoms with Crippen molar-refractivity contribution in [3.8, 4) is 5.69 Å². The summed E-state index contributed by atoms with van der Waals surface area (Å²) in [5, 5.41) is 26.4. The molecular weight excluding hydrogens is 374 g/mol. The third-order valence-electron chi connectivity index (χ3n) is 5.47. The van der Waals surface area contributed by atoms with Crippen LogP contribution in [0.15, 0.2) is 24.3 Å². The molecule has 1 aromatic heterocycles. The fraction of sp³-hybridized carbons (Fsp3) is 0.526. The molecule has 0 spiro atoms. The van der Waals surface area contributed by atoms with Crippen molar-refractivity contribution >= 4 is 17.7 Å². The molecule has 0 radical (unpaired) electrons. The third-order valence-corrected chi connectivity index (χ3v) is 5.47. The van der Waals surface area contributed by atoms with Crippen molar-refractivity contribution in [1.82, 2.24) is 30.4 Å². The number of hydrogen-bond donors (Lipinski definition) is 3. The minimum atomic E-state index is -0.794. The number of carboxylic acid groups (broad SMARTS) is 1. The predicted molar refractivity (Wildman–Crippen MR) is 105 cm³/mol. The smallest absolute Gasteiger partial charge is 0.319 e. The van der Waals surface area contributed by atoms with Crippen LogP contribution < -0.4 is 10.6 Å². The second-order valence-electron chi connectivity index (χ2n) is 7.88. The number of benzene rings is 1. The Morgan fingerprint density at radius 3 is 2.76 bits per heavy atom. The molecule has 1 aromatic carbocycles. The van der Waals surface area contributed by atoms with Crippen molar-refractivity contribution in [2.75, 3.05) is 18.4 Å². The van der Waals surface area contributed by atoms with Gasteiger partial charge in [0.1, 0.15) is 0 Å². The lowest BCUT2D eigenvalue weighted by molar-refractivity contribution is -0.139. The molecule has 0 atom stereocenters. The zero-order valence-electron chi connectivity index (χ0n) is 16.3. The monoisotopic (exact) mass is 399 g/mol. The number of rotatable bonds is 8. The van der Waals surface area contributed by atoms with Gasteiger partial charge in [0.15, 0.2) is 5.82 Å². The quantitative estimate of drug-likeness (QED) is 0.613. The van der Waals surface area contributed by atoms with Crippen molar-refractivity contribution < 1.29 is 14.7 Å². The van der Waals surface area contributed by atoms with Crippen molar-refractivity contribution in [2.24, 2.45) is 5.92 Å². The SMILES string of the molecule is Cc1nnnn1-c1cccc(NC(=O)NC2CC(N(CC(=O)O)CC3CC3)C2)c1. The average Bonchev–Trinajstić information content (AvgIpc) is 3.34. The number of hydrogen-bond acceptors (Lipinski definition) is 6. The number of aromatic nitrogens is 4. The van der Waals surface area contributed by atoms with E-state index in [1.54, 1.807) is 23.7 Å². The summed E-state index contributed by atoms with van der Waals surface area (Å²) in [6, 6.07) is 7.30. The molecule has 154 valence electrons. The van der Waals surface area contributed by atoms with Crippen LogP contribution in [0, 0.1) is 12.8 Å². The number of carboxylic acids is 1. The Morgan fingerprint density at radius 2 is 2.10 bits per heavy atom. The van der Waals surface area contributed by atoms with Crippen molar-refractivity contribution in [1.29, 1.82) is 0 Å². The first-order valence-corrected chi connectivity index (χ1v) is 9.86. The van der Waals surface area contributed by atoms with E-state index >= 15 is 0 Å². The van der Waals surface area contributed by atoms with Crippen molar-refractivity contribution in [3.05, 3.63) is 30.1 Å². The molecule has 2 aliphatic rings. The topological polar surface area (TPSA) is 125 Å². The summed E-state index contributed by atoms with van der Waals surface area (Å²) in [6.45, 7) is 2.72. The Balaban J connectivity index is 1.27. The summed E-state index contributed by atoms with van der Waals surface area (Å²) in [7, 11) is 0. The Labute approximate surface area is 168 Å². The molecule has 2 aromatic rings. The van der Waals surface area contributed by atoms with E-state index in [0.29, 0.717) is 17.4 Å². The molecule has 10 nitrogen and oxygen atoms in total. The fourth-order valence-electron chi connectivity index (χ4n) is 3.69. The van der Waals surface area contributed by atoms with Gasteiger partial charge in [0.25, 0.3) is 0 Å². The highest BCUT2D eigenvalue weighted by atomic mass is 16.4. The number of urea groups is 1. The maximum Gasteiger partial charge on any atom is 0.319 e. The normalized spacial score (nSPS) is 20.9. The minimum Gasteiger partial charge on any atom is -0.480 e. The number of carbonyl (C=O) groups is 2. The zero-order valence-corrected chi connectivity index (χ0v) is 16.3. The molecule has 2 aliphatic carbocycles. The van der Waals surface area contributed by atoms with E-state index in [4.69, 9.17) is 5.11 Å². The van der Waals surface area contributed by atoms with Gasteiger partial charge in [0.05, 0.1) is 12.2 Å². The molecule has 2 amide bonds. The van der Waals surface area contributed by atoms with Crippen LogP contribution in [0.4, 0.5) is 10.5 Å². The van der Waals surface area contributed by atoms with Gasteiger partial charge >= 0.3 is 12.0 Å². The van der Waals surface area contributed by atoms with Gasteiger partial charge in [-0.2, -0.15) is 4.68 Å². The predicted octanol–water partition coefficient (Wildman–Crippen LogP) is 1.42. The lowest BCUT2D eigenvalue weighted by Gasteiger charge is -2.42. The number of nitrogens with one attached hydrogen (secondary N) is 2. The van der Waals surface area contributed by atoms with Crippen LogP contribution in [-0.2, 0) is 4.79 Å². The van der Waals surface area contributed by atoms with Gasteiger partial charge in [-0.15, -0.1) is 5.10 Å². The van der Waals surface area contributed by atoms with Gasteiger partial charge in [-0.25, -0.2) is 4.79 Å². The molecule has 1 heterocycles. The molecule has 10 heteroatoms. The summed E-state index contributed by atoms with van der Waals surface area (Å²) in [6.07, 6.45) is 3.93. The van der Waals surface area contributed by atoms with Crippen LogP contribution in [0.2, 0.25) is 0 Å². The van der Waals surface area contributed by atoms with Gasteiger partial charge in [0.2, 0.25) is 0 Å². The molecule has 3 N–H and O–H groups in total. The van der Waals surface area contributed by atoms with Crippen LogP contribution in [0.3, 0.4) is 0 Å². The maximum atomic E-state index is 12.3. The van der Waals surface area contributed by atoms with Crippen LogP contribution in [0.25, 0.3) is 5.69 Å². The molecule has 0 saturated heterocycles. The summed E-state index contributed by atoms with van der Waals surface area (Å²) >= 11 is 0. The number of nitrogens with zero attached hydrogens (tertiary/aromatic N) is 5. The second-order valence-corrected chi connectivity index (χ2v) is 7.88. The molecule has 0 aliphatic heterocycles. The number of anilines is 1. The van der Waals surface area contributed by atoms with E-state index in [2.05, 4.69) is 26.2 Å². The molecule has 0 bridgehead atoms. The first-order valence-electron chi connectivity index (χ1n) is 9.86. The van der Waals surface area contributed by atoms with Gasteiger partial charge in [-0.1, -0.05) is 6.07 Å². The highest BCUT2D eigenvalue weighted by Gasteiger charge is 2.37. The first-order chi connectivity index (χ1) is 14.0. The maximum absolute atomic E-state index is 12.3. The van der Waals surface area contributed by atoms with Gasteiger partial charge in [-0.05, 0) is 67.2 Å². The number of aryl methyl sites for hydroxylation is 1. The zero-order chi connectivity index (χ0) is 20.4. The van der Waals surface area contributed by atoms with Gasteiger partial charge < -0.3 is 15.7 Å². The highest BCUT2D eigenvalue weighted by Crippen LogP contribution is 2.33. The van der Waals surface area contributed by atoms with E-state index in [9.17, 15) is 9.59 Å². The lowest BCUT2D eigenvalue weighted by atomic mass is 9.85. The number of tetrazole rings is 1. The molecule has 2 saturated carbocycles. The van der Waals surface area contributed by atoms with E-state index in [0.717, 1.165) is 25.1 Å². The van der Waals surface area contributed by atoms with Crippen LogP contribution >= 0.6 is 0 Å². The highest BCUT2D eigenvalue weighted by molar-refractivity contribution is 5.89. The molecular formula is C19H25N7O3. The molecule has 0 unspecified atom stereocenters. The van der Waals surface area contributed by atoms with Gasteiger partial charge in [-0.3, -0.25) is 9.69 Å². The van der Waals surface area contributed by atoms with Crippen molar-refractivity contribution in [2.45, 2.75) is 44.7 Å². The van der Waals surface area contributed by atoms with Crippen LogP contribution in [0.1, 0.15) is 31.5 Å². The Bertz CT molecular complexity index is 889. The molecule has 4 rings (SSSR count). The molecule has 29 heavy (non-hydrogen) atoms. The second kappa shape index (κ2) is 8.16. The average molecular weight is 399 g/mol. The largest absolute Gasteiger partial charge is 0.480 e.